The Morgan fingerprint density at radius 2 is 2.05 bits per heavy atom. The molecule has 2 atom stereocenters. The molecule has 1 saturated carbocycles. The summed E-state index contributed by atoms with van der Waals surface area (Å²) in [6, 6.07) is 7.25. The summed E-state index contributed by atoms with van der Waals surface area (Å²) in [5.74, 6) is 1.36. The molecule has 0 aliphatic heterocycles. The highest BCUT2D eigenvalue weighted by molar-refractivity contribution is 5.43. The molecule has 0 amide bonds. The van der Waals surface area contributed by atoms with E-state index in [4.69, 9.17) is 0 Å². The summed E-state index contributed by atoms with van der Waals surface area (Å²) in [6.45, 7) is 11.4. The Kier molecular flexibility index (Phi) is 3.08. The summed E-state index contributed by atoms with van der Waals surface area (Å²) in [7, 11) is 0. The summed E-state index contributed by atoms with van der Waals surface area (Å²) in [5, 5.41) is 0. The fourth-order valence-corrected chi connectivity index (χ4v) is 4.36. The van der Waals surface area contributed by atoms with Crippen molar-refractivity contribution >= 4 is 0 Å². The number of rotatable bonds is 1. The first-order valence-electron chi connectivity index (χ1n) is 7.83. The average molecular weight is 254 g/mol. The second kappa shape index (κ2) is 4.51. The minimum absolute atomic E-state index is 0.360. The van der Waals surface area contributed by atoms with Gasteiger partial charge in [0, 0.05) is 0 Å². The third-order valence-corrected chi connectivity index (χ3v) is 5.57. The van der Waals surface area contributed by atoms with E-state index in [1.807, 2.05) is 0 Å². The number of allylic oxidation sites excluding steroid dienone is 1. The van der Waals surface area contributed by atoms with E-state index in [0.717, 1.165) is 5.92 Å². The van der Waals surface area contributed by atoms with Gasteiger partial charge in [-0.3, -0.25) is 0 Å². The van der Waals surface area contributed by atoms with Gasteiger partial charge in [0.05, 0.1) is 0 Å². The molecular weight excluding hydrogens is 228 g/mol. The van der Waals surface area contributed by atoms with Gasteiger partial charge in [0.25, 0.3) is 0 Å². The van der Waals surface area contributed by atoms with Crippen LogP contribution in [0.4, 0.5) is 0 Å². The van der Waals surface area contributed by atoms with Crippen LogP contribution < -0.4 is 0 Å². The Morgan fingerprint density at radius 3 is 2.79 bits per heavy atom. The van der Waals surface area contributed by atoms with Crippen molar-refractivity contribution in [2.24, 2.45) is 5.92 Å². The molecule has 2 aliphatic carbocycles. The summed E-state index contributed by atoms with van der Waals surface area (Å²) < 4.78 is 0. The Hall–Kier alpha value is -1.04. The molecule has 0 heterocycles. The lowest BCUT2D eigenvalue weighted by Crippen LogP contribution is -2.40. The Labute approximate surface area is 117 Å². The van der Waals surface area contributed by atoms with Crippen LogP contribution in [0.5, 0.6) is 0 Å². The molecule has 19 heavy (non-hydrogen) atoms. The molecule has 0 N–H and O–H groups in total. The fourth-order valence-electron chi connectivity index (χ4n) is 4.36. The van der Waals surface area contributed by atoms with Crippen LogP contribution in [0.1, 0.15) is 69.1 Å². The molecule has 0 unspecified atom stereocenters. The lowest BCUT2D eigenvalue weighted by atomic mass is 9.57. The third kappa shape index (κ3) is 1.96. The zero-order valence-corrected chi connectivity index (χ0v) is 12.6. The van der Waals surface area contributed by atoms with Crippen molar-refractivity contribution in [3.8, 4) is 0 Å². The van der Waals surface area contributed by atoms with Crippen LogP contribution in [0.3, 0.4) is 0 Å². The Bertz CT molecular complexity index is 509. The second-order valence-electron chi connectivity index (χ2n) is 7.09. The van der Waals surface area contributed by atoms with Crippen molar-refractivity contribution in [2.75, 3.05) is 0 Å². The molecule has 0 aromatic heterocycles. The van der Waals surface area contributed by atoms with Gasteiger partial charge in [0.1, 0.15) is 0 Å². The quantitative estimate of drug-likeness (QED) is 0.591. The lowest BCUT2D eigenvalue weighted by molar-refractivity contribution is 0.235. The van der Waals surface area contributed by atoms with E-state index in [2.05, 4.69) is 45.5 Å². The molecule has 0 bridgehead atoms. The molecule has 0 spiro atoms. The van der Waals surface area contributed by atoms with E-state index in [9.17, 15) is 0 Å². The highest BCUT2D eigenvalue weighted by atomic mass is 14.5. The van der Waals surface area contributed by atoms with Crippen LogP contribution in [0.15, 0.2) is 30.4 Å². The van der Waals surface area contributed by atoms with Gasteiger partial charge >= 0.3 is 0 Å². The molecule has 0 heteroatoms. The maximum Gasteiger partial charge on any atom is -0.000705 e. The minimum atomic E-state index is 0.360. The summed E-state index contributed by atoms with van der Waals surface area (Å²) in [6.07, 6.45) is 6.46. The van der Waals surface area contributed by atoms with Gasteiger partial charge in [-0.1, -0.05) is 51.1 Å². The van der Waals surface area contributed by atoms with Gasteiger partial charge in [-0.05, 0) is 66.0 Å². The molecular formula is C19H26. The molecule has 3 rings (SSSR count). The maximum atomic E-state index is 4.36. The van der Waals surface area contributed by atoms with Crippen molar-refractivity contribution in [3.05, 3.63) is 47.0 Å². The Balaban J connectivity index is 2.06. The van der Waals surface area contributed by atoms with E-state index < -0.39 is 0 Å². The van der Waals surface area contributed by atoms with Gasteiger partial charge in [-0.15, -0.1) is 0 Å². The van der Waals surface area contributed by atoms with Gasteiger partial charge in [-0.2, -0.15) is 0 Å². The molecule has 2 aliphatic rings. The van der Waals surface area contributed by atoms with E-state index >= 15 is 0 Å². The van der Waals surface area contributed by atoms with E-state index in [0.29, 0.717) is 11.3 Å². The number of aryl methyl sites for hydroxylation is 1. The molecule has 102 valence electrons. The molecule has 0 radical (unpaired) electrons. The van der Waals surface area contributed by atoms with Crippen LogP contribution in [0.25, 0.3) is 0 Å². The van der Waals surface area contributed by atoms with Crippen LogP contribution in [-0.2, 0) is 11.8 Å². The molecule has 0 saturated heterocycles. The summed E-state index contributed by atoms with van der Waals surface area (Å²) >= 11 is 0. The normalized spacial score (nSPS) is 30.1. The summed E-state index contributed by atoms with van der Waals surface area (Å²) in [4.78, 5) is 0. The van der Waals surface area contributed by atoms with Gasteiger partial charge < -0.3 is 0 Å². The Morgan fingerprint density at radius 1 is 1.26 bits per heavy atom. The molecule has 1 aromatic rings. The van der Waals surface area contributed by atoms with Gasteiger partial charge in [-0.25, -0.2) is 0 Å². The van der Waals surface area contributed by atoms with E-state index in [1.54, 1.807) is 11.1 Å². The number of fused-ring (bicyclic) bond motifs is 3. The first-order chi connectivity index (χ1) is 9.02. The number of hydrogen-bond donors (Lipinski definition) is 0. The van der Waals surface area contributed by atoms with E-state index in [1.165, 1.54) is 43.2 Å². The van der Waals surface area contributed by atoms with Crippen molar-refractivity contribution in [2.45, 2.75) is 64.2 Å². The molecule has 0 nitrogen and oxygen atoms in total. The molecule has 1 fully saturated rings. The second-order valence-corrected chi connectivity index (χ2v) is 7.09. The monoisotopic (exact) mass is 254 g/mol. The zero-order chi connectivity index (χ0) is 13.6. The third-order valence-electron chi connectivity index (χ3n) is 5.57. The van der Waals surface area contributed by atoms with Crippen molar-refractivity contribution in [1.82, 2.24) is 0 Å². The lowest BCUT2D eigenvalue weighted by Gasteiger charge is -2.47. The standard InChI is InChI=1S/C19H26/c1-13(2)15-7-10-18-16(12-15)8-9-17-14(3)6-5-11-19(17,18)4/h7,10,12-13,17H,3,5-6,8-9,11H2,1-2,4H3/t17-,19+/m1/s1. The smallest absolute Gasteiger partial charge is 0.000705 e. The first-order valence-corrected chi connectivity index (χ1v) is 7.83. The van der Waals surface area contributed by atoms with Crippen LogP contribution in [-0.4, -0.2) is 0 Å². The number of hydrogen-bond acceptors (Lipinski definition) is 0. The highest BCUT2D eigenvalue weighted by Crippen LogP contribution is 2.51. The number of benzene rings is 1. The highest BCUT2D eigenvalue weighted by Gasteiger charge is 2.43. The van der Waals surface area contributed by atoms with Crippen LogP contribution >= 0.6 is 0 Å². The van der Waals surface area contributed by atoms with Crippen molar-refractivity contribution < 1.29 is 0 Å². The fraction of sp³-hybridized carbons (Fsp3) is 0.579. The molecule has 1 aromatic carbocycles. The van der Waals surface area contributed by atoms with Crippen LogP contribution in [0, 0.1) is 5.92 Å². The van der Waals surface area contributed by atoms with Gasteiger partial charge in [0.15, 0.2) is 0 Å². The van der Waals surface area contributed by atoms with Crippen LogP contribution in [0.2, 0.25) is 0 Å². The topological polar surface area (TPSA) is 0 Å². The average Bonchev–Trinajstić information content (AvgIpc) is 2.38. The largest absolute Gasteiger partial charge is 0.0995 e. The predicted octanol–water partition coefficient (Wildman–Crippen LogP) is 5.37. The maximum absolute atomic E-state index is 4.36. The van der Waals surface area contributed by atoms with Crippen molar-refractivity contribution in [1.29, 1.82) is 0 Å². The summed E-state index contributed by atoms with van der Waals surface area (Å²) in [5.41, 5.74) is 6.59. The predicted molar refractivity (Wildman–Crippen MR) is 82.7 cm³/mol. The minimum Gasteiger partial charge on any atom is -0.0995 e. The van der Waals surface area contributed by atoms with Gasteiger partial charge in [0.2, 0.25) is 0 Å². The van der Waals surface area contributed by atoms with Crippen molar-refractivity contribution in [3.63, 3.8) is 0 Å². The van der Waals surface area contributed by atoms with E-state index in [-0.39, 0.29) is 0 Å². The zero-order valence-electron chi connectivity index (χ0n) is 12.6. The SMILES string of the molecule is C=C1CCC[C@]2(C)c3ccc(C(C)C)cc3CC[C@H]12. The first kappa shape index (κ1) is 13.0.